The van der Waals surface area contributed by atoms with Crippen molar-refractivity contribution in [3.8, 4) is 0 Å². The van der Waals surface area contributed by atoms with Gasteiger partial charge in [-0.05, 0) is 37.5 Å². The van der Waals surface area contributed by atoms with Crippen molar-refractivity contribution in [1.82, 2.24) is 9.97 Å². The van der Waals surface area contributed by atoms with Gasteiger partial charge in [-0.15, -0.1) is 0 Å². The van der Waals surface area contributed by atoms with Crippen molar-refractivity contribution < 1.29 is 5.11 Å². The maximum Gasteiger partial charge on any atom is 0.227 e. The van der Waals surface area contributed by atoms with Crippen LogP contribution in [0.3, 0.4) is 0 Å². The Kier molecular flexibility index (Phi) is 4.57. The molecule has 0 amide bonds. The Morgan fingerprint density at radius 3 is 2.81 bits per heavy atom. The fourth-order valence-electron chi connectivity index (χ4n) is 3.44. The van der Waals surface area contributed by atoms with Crippen molar-refractivity contribution in [3.63, 3.8) is 0 Å². The van der Waals surface area contributed by atoms with E-state index in [0.29, 0.717) is 23.8 Å². The molecule has 1 atom stereocenters. The van der Waals surface area contributed by atoms with Gasteiger partial charge in [0.2, 0.25) is 5.95 Å². The minimum Gasteiger partial charge on any atom is -0.368 e. The molecule has 26 heavy (non-hydrogen) atoms. The average molecular weight is 352 g/mol. The number of aromatic nitrogens is 2. The van der Waals surface area contributed by atoms with Crippen LogP contribution in [-0.2, 0) is 6.42 Å². The molecule has 1 aromatic heterocycles. The maximum atomic E-state index is 10.4. The largest absolute Gasteiger partial charge is 0.368 e. The topological polar surface area (TPSA) is 99.7 Å². The molecular weight excluding hydrogens is 328 g/mol. The van der Waals surface area contributed by atoms with Gasteiger partial charge < -0.3 is 21.1 Å². The highest BCUT2D eigenvalue weighted by atomic mass is 16.3. The van der Waals surface area contributed by atoms with Crippen molar-refractivity contribution in [2.24, 2.45) is 10.7 Å². The zero-order valence-corrected chi connectivity index (χ0v) is 14.9. The zero-order chi connectivity index (χ0) is 18.1. The van der Waals surface area contributed by atoms with Crippen LogP contribution < -0.4 is 16.0 Å². The lowest BCUT2D eigenvalue weighted by Gasteiger charge is -2.31. The van der Waals surface area contributed by atoms with E-state index in [1.54, 1.807) is 6.21 Å². The summed E-state index contributed by atoms with van der Waals surface area (Å²) in [5.74, 6) is 1.31. The second-order valence-corrected chi connectivity index (χ2v) is 6.96. The van der Waals surface area contributed by atoms with Gasteiger partial charge >= 0.3 is 0 Å². The summed E-state index contributed by atoms with van der Waals surface area (Å²) in [6, 6.07) is 8.32. The van der Waals surface area contributed by atoms with E-state index in [-0.39, 0.29) is 6.04 Å². The van der Waals surface area contributed by atoms with E-state index in [0.717, 1.165) is 42.9 Å². The van der Waals surface area contributed by atoms with Gasteiger partial charge in [-0.1, -0.05) is 12.1 Å². The lowest BCUT2D eigenvalue weighted by atomic mass is 10.1. The van der Waals surface area contributed by atoms with Crippen LogP contribution in [0, 0.1) is 6.92 Å². The van der Waals surface area contributed by atoms with E-state index in [1.807, 2.05) is 31.2 Å². The lowest BCUT2D eigenvalue weighted by Crippen LogP contribution is -2.40. The van der Waals surface area contributed by atoms with E-state index in [1.165, 1.54) is 0 Å². The Morgan fingerprint density at radius 2 is 2.04 bits per heavy atom. The van der Waals surface area contributed by atoms with Crippen LogP contribution in [-0.4, -0.2) is 40.4 Å². The van der Waals surface area contributed by atoms with E-state index in [9.17, 15) is 5.11 Å². The average Bonchev–Trinajstić information content (AvgIpc) is 2.62. The molecule has 0 spiro atoms. The number of benzene rings is 1. The lowest BCUT2D eigenvalue weighted by molar-refractivity contribution is 0.186. The summed E-state index contributed by atoms with van der Waals surface area (Å²) in [6.45, 7) is 3.74. The maximum absolute atomic E-state index is 10.4. The number of aliphatic hydroxyl groups excluding tert-OH is 1. The molecular formula is C19H24N6O. The minimum absolute atomic E-state index is 0.253. The van der Waals surface area contributed by atoms with Gasteiger partial charge in [0.1, 0.15) is 5.82 Å². The zero-order valence-electron chi connectivity index (χ0n) is 14.9. The monoisotopic (exact) mass is 352 g/mol. The van der Waals surface area contributed by atoms with Crippen LogP contribution in [0.5, 0.6) is 0 Å². The highest BCUT2D eigenvalue weighted by molar-refractivity contribution is 5.70. The number of nitrogens with two attached hydrogens (primary N) is 1. The molecule has 136 valence electrons. The fraction of sp³-hybridized carbons (Fsp3) is 0.421. The molecule has 1 saturated heterocycles. The number of aliphatic hydroxyl groups is 1. The van der Waals surface area contributed by atoms with Crippen LogP contribution in [0.1, 0.15) is 35.9 Å². The summed E-state index contributed by atoms with van der Waals surface area (Å²) >= 11 is 0. The molecule has 0 saturated carbocycles. The smallest absolute Gasteiger partial charge is 0.227 e. The van der Waals surface area contributed by atoms with Crippen molar-refractivity contribution in [3.05, 3.63) is 41.1 Å². The first-order chi connectivity index (χ1) is 12.6. The van der Waals surface area contributed by atoms with Gasteiger partial charge in [-0.25, -0.2) is 4.98 Å². The molecule has 2 aliphatic rings. The number of rotatable bonds is 3. The Balaban J connectivity index is 1.72. The van der Waals surface area contributed by atoms with Gasteiger partial charge in [0, 0.05) is 37.5 Å². The van der Waals surface area contributed by atoms with Crippen LogP contribution in [0.25, 0.3) is 0 Å². The molecule has 7 heteroatoms. The normalized spacial score (nSPS) is 20.1. The second-order valence-electron chi connectivity index (χ2n) is 6.96. The van der Waals surface area contributed by atoms with E-state index in [2.05, 4.69) is 15.2 Å². The third-order valence-corrected chi connectivity index (χ3v) is 4.91. The van der Waals surface area contributed by atoms with E-state index in [4.69, 9.17) is 15.7 Å². The Bertz CT molecular complexity index is 829. The highest BCUT2D eigenvalue weighted by Crippen LogP contribution is 2.32. The van der Waals surface area contributed by atoms with Crippen molar-refractivity contribution in [2.45, 2.75) is 38.5 Å². The number of hydrogen-bond acceptors (Lipinski definition) is 7. The number of aliphatic imine (C=N–C) groups is 1. The number of nitrogens with one attached hydrogen (secondary N) is 1. The molecule has 0 radical (unpaired) electrons. The number of piperidine rings is 1. The summed E-state index contributed by atoms with van der Waals surface area (Å²) in [6.07, 6.45) is 3.25. The van der Waals surface area contributed by atoms with Crippen LogP contribution >= 0.6 is 0 Å². The first-order valence-electron chi connectivity index (χ1n) is 9.05. The number of fused-ring (bicyclic) bond motifs is 1. The third-order valence-electron chi connectivity index (χ3n) is 4.91. The second kappa shape index (κ2) is 7.01. The summed E-state index contributed by atoms with van der Waals surface area (Å²) < 4.78 is 0. The fourth-order valence-corrected chi connectivity index (χ4v) is 3.44. The first kappa shape index (κ1) is 16.9. The Hall–Kier alpha value is -2.51. The SMILES string of the molecule is Cc1cccc(Nc2nc(N3CCC(N)CC3)nc3c2C(O)N=CC3)c1. The highest BCUT2D eigenvalue weighted by Gasteiger charge is 2.26. The molecule has 2 aromatic rings. The molecule has 3 heterocycles. The van der Waals surface area contributed by atoms with E-state index < -0.39 is 6.23 Å². The van der Waals surface area contributed by atoms with Crippen molar-refractivity contribution in [2.75, 3.05) is 23.3 Å². The Labute approximate surface area is 153 Å². The minimum atomic E-state index is -0.935. The summed E-state index contributed by atoms with van der Waals surface area (Å²) in [5.41, 5.74) is 9.58. The first-order valence-corrected chi connectivity index (χ1v) is 9.05. The number of hydrogen-bond donors (Lipinski definition) is 3. The molecule has 1 unspecified atom stereocenters. The van der Waals surface area contributed by atoms with Crippen molar-refractivity contribution >= 4 is 23.7 Å². The predicted octanol–water partition coefficient (Wildman–Crippen LogP) is 2.07. The van der Waals surface area contributed by atoms with Gasteiger partial charge in [0.25, 0.3) is 0 Å². The molecule has 0 aliphatic carbocycles. The van der Waals surface area contributed by atoms with Gasteiger partial charge in [0.05, 0.1) is 11.3 Å². The van der Waals surface area contributed by atoms with Crippen LogP contribution in [0.15, 0.2) is 29.3 Å². The van der Waals surface area contributed by atoms with Crippen LogP contribution in [0.4, 0.5) is 17.5 Å². The molecule has 1 fully saturated rings. The molecule has 4 rings (SSSR count). The van der Waals surface area contributed by atoms with Crippen molar-refractivity contribution in [1.29, 1.82) is 0 Å². The molecule has 1 aromatic carbocycles. The van der Waals surface area contributed by atoms with Gasteiger partial charge in [0.15, 0.2) is 6.23 Å². The third kappa shape index (κ3) is 3.40. The summed E-state index contributed by atoms with van der Waals surface area (Å²) in [4.78, 5) is 15.7. The quantitative estimate of drug-likeness (QED) is 0.782. The summed E-state index contributed by atoms with van der Waals surface area (Å²) in [5, 5.41) is 13.7. The Morgan fingerprint density at radius 1 is 1.23 bits per heavy atom. The molecule has 2 aliphatic heterocycles. The van der Waals surface area contributed by atoms with E-state index >= 15 is 0 Å². The number of anilines is 3. The standard InChI is InChI=1S/C19H24N6O/c1-12-3-2-4-14(11-12)22-17-16-15(5-8-21-18(16)26)23-19(24-17)25-9-6-13(20)7-10-25/h2-4,8,11,13,18,26H,5-7,9-10,20H2,1H3,(H,22,23,24). The van der Waals surface area contributed by atoms with Gasteiger partial charge in [-0.3, -0.25) is 4.99 Å². The van der Waals surface area contributed by atoms with Gasteiger partial charge in [-0.2, -0.15) is 4.98 Å². The predicted molar refractivity (Wildman–Crippen MR) is 103 cm³/mol. The van der Waals surface area contributed by atoms with Crippen LogP contribution in [0.2, 0.25) is 0 Å². The molecule has 7 nitrogen and oxygen atoms in total. The number of aryl methyl sites for hydroxylation is 1. The molecule has 4 N–H and O–H groups in total. The molecule has 0 bridgehead atoms. The summed E-state index contributed by atoms with van der Waals surface area (Å²) in [7, 11) is 0. The number of nitrogens with zero attached hydrogens (tertiary/aromatic N) is 4.